The Hall–Kier alpha value is -0.830. The van der Waals surface area contributed by atoms with Crippen molar-refractivity contribution in [2.45, 2.75) is 38.1 Å². The molecule has 70 valence electrons. The summed E-state index contributed by atoms with van der Waals surface area (Å²) in [6.07, 6.45) is 5.03. The van der Waals surface area contributed by atoms with Crippen molar-refractivity contribution in [2.75, 3.05) is 6.54 Å². The molecule has 1 aliphatic carbocycles. The van der Waals surface area contributed by atoms with Gasteiger partial charge in [-0.3, -0.25) is 0 Å². The van der Waals surface area contributed by atoms with Gasteiger partial charge in [-0.05, 0) is 32.2 Å². The van der Waals surface area contributed by atoms with Crippen LogP contribution in [0, 0.1) is 0 Å². The fraction of sp³-hybridized carbons (Fsp3) is 0.700. The second-order valence-corrected chi connectivity index (χ2v) is 4.10. The first-order chi connectivity index (χ1) is 6.43. The lowest BCUT2D eigenvalue weighted by Crippen LogP contribution is -2.12. The second kappa shape index (κ2) is 2.84. The van der Waals surface area contributed by atoms with E-state index in [1.165, 1.54) is 36.5 Å². The molecule has 2 aliphatic rings. The summed E-state index contributed by atoms with van der Waals surface area (Å²) in [5.74, 6) is 2.00. The standard InChI is InChI=1S/C10H15N3/c1-2-8-9(6-11-5-1)13-10(12-8)7-3-4-7/h7,11H,1-6H2,(H,12,13). The molecule has 0 amide bonds. The van der Waals surface area contributed by atoms with Crippen LogP contribution in [0.4, 0.5) is 0 Å². The Morgan fingerprint density at radius 2 is 2.23 bits per heavy atom. The fourth-order valence-electron chi connectivity index (χ4n) is 1.96. The van der Waals surface area contributed by atoms with Gasteiger partial charge in [0.25, 0.3) is 0 Å². The van der Waals surface area contributed by atoms with Gasteiger partial charge in [0.1, 0.15) is 5.82 Å². The lowest BCUT2D eigenvalue weighted by Gasteiger charge is -1.96. The Kier molecular flexibility index (Phi) is 1.65. The second-order valence-electron chi connectivity index (χ2n) is 4.10. The van der Waals surface area contributed by atoms with Gasteiger partial charge in [-0.2, -0.15) is 0 Å². The van der Waals surface area contributed by atoms with E-state index < -0.39 is 0 Å². The van der Waals surface area contributed by atoms with Crippen LogP contribution in [0.2, 0.25) is 0 Å². The average Bonchev–Trinajstić information content (AvgIpc) is 2.93. The Bertz CT molecular complexity index is 288. The number of hydrogen-bond acceptors (Lipinski definition) is 2. The molecule has 0 atom stereocenters. The minimum absolute atomic E-state index is 0.756. The topological polar surface area (TPSA) is 40.7 Å². The maximum absolute atomic E-state index is 4.68. The highest BCUT2D eigenvalue weighted by molar-refractivity contribution is 5.20. The van der Waals surface area contributed by atoms with Gasteiger partial charge in [-0.15, -0.1) is 0 Å². The van der Waals surface area contributed by atoms with Gasteiger partial charge in [-0.1, -0.05) is 0 Å². The van der Waals surface area contributed by atoms with Crippen molar-refractivity contribution in [3.63, 3.8) is 0 Å². The highest BCUT2D eigenvalue weighted by atomic mass is 15.0. The van der Waals surface area contributed by atoms with E-state index >= 15 is 0 Å². The average molecular weight is 177 g/mol. The summed E-state index contributed by atoms with van der Waals surface area (Å²) < 4.78 is 0. The van der Waals surface area contributed by atoms with Crippen LogP contribution in [0.25, 0.3) is 0 Å². The van der Waals surface area contributed by atoms with Crippen LogP contribution >= 0.6 is 0 Å². The first-order valence-corrected chi connectivity index (χ1v) is 5.22. The summed E-state index contributed by atoms with van der Waals surface area (Å²) in [5.41, 5.74) is 2.64. The zero-order valence-corrected chi connectivity index (χ0v) is 7.77. The smallest absolute Gasteiger partial charge is 0.109 e. The third-order valence-corrected chi connectivity index (χ3v) is 2.92. The van der Waals surface area contributed by atoms with Gasteiger partial charge in [0.05, 0.1) is 11.4 Å². The molecule has 13 heavy (non-hydrogen) atoms. The summed E-state index contributed by atoms with van der Waals surface area (Å²) in [6.45, 7) is 2.11. The van der Waals surface area contributed by atoms with E-state index in [1.807, 2.05) is 0 Å². The van der Waals surface area contributed by atoms with Crippen molar-refractivity contribution in [1.29, 1.82) is 0 Å². The number of aromatic nitrogens is 2. The number of hydrogen-bond donors (Lipinski definition) is 2. The number of H-pyrrole nitrogens is 1. The van der Waals surface area contributed by atoms with Crippen LogP contribution in [-0.4, -0.2) is 16.5 Å². The lowest BCUT2D eigenvalue weighted by molar-refractivity contribution is 0.669. The minimum atomic E-state index is 0.756. The molecule has 1 aliphatic heterocycles. The molecule has 3 nitrogen and oxygen atoms in total. The monoisotopic (exact) mass is 177 g/mol. The lowest BCUT2D eigenvalue weighted by atomic mass is 10.2. The molecular weight excluding hydrogens is 162 g/mol. The third-order valence-electron chi connectivity index (χ3n) is 2.92. The van der Waals surface area contributed by atoms with Crippen LogP contribution in [-0.2, 0) is 13.0 Å². The quantitative estimate of drug-likeness (QED) is 0.679. The first kappa shape index (κ1) is 7.56. The normalized spacial score (nSPS) is 22.5. The number of fused-ring (bicyclic) bond motifs is 1. The maximum Gasteiger partial charge on any atom is 0.109 e. The largest absolute Gasteiger partial charge is 0.344 e. The predicted octanol–water partition coefficient (Wildman–Crippen LogP) is 1.32. The Balaban J connectivity index is 1.92. The van der Waals surface area contributed by atoms with E-state index in [0.29, 0.717) is 0 Å². The molecule has 2 heterocycles. The minimum Gasteiger partial charge on any atom is -0.344 e. The molecule has 1 aromatic rings. The van der Waals surface area contributed by atoms with E-state index in [4.69, 9.17) is 0 Å². The molecule has 1 fully saturated rings. The van der Waals surface area contributed by atoms with Crippen molar-refractivity contribution >= 4 is 0 Å². The van der Waals surface area contributed by atoms with E-state index in [0.717, 1.165) is 25.4 Å². The molecule has 0 bridgehead atoms. The number of rotatable bonds is 1. The van der Waals surface area contributed by atoms with E-state index in [2.05, 4.69) is 15.3 Å². The highest BCUT2D eigenvalue weighted by Crippen LogP contribution is 2.38. The van der Waals surface area contributed by atoms with Crippen LogP contribution in [0.5, 0.6) is 0 Å². The van der Waals surface area contributed by atoms with Crippen LogP contribution in [0.15, 0.2) is 0 Å². The van der Waals surface area contributed by atoms with Gasteiger partial charge in [0.2, 0.25) is 0 Å². The van der Waals surface area contributed by atoms with E-state index in [1.54, 1.807) is 0 Å². The zero-order chi connectivity index (χ0) is 8.67. The van der Waals surface area contributed by atoms with Gasteiger partial charge >= 0.3 is 0 Å². The van der Waals surface area contributed by atoms with E-state index in [-0.39, 0.29) is 0 Å². The molecular formula is C10H15N3. The molecule has 3 heteroatoms. The summed E-state index contributed by atoms with van der Waals surface area (Å²) in [7, 11) is 0. The third kappa shape index (κ3) is 1.37. The van der Waals surface area contributed by atoms with Gasteiger partial charge in [0.15, 0.2) is 0 Å². The van der Waals surface area contributed by atoms with Gasteiger partial charge < -0.3 is 10.3 Å². The zero-order valence-electron chi connectivity index (χ0n) is 7.77. The van der Waals surface area contributed by atoms with Crippen molar-refractivity contribution in [3.05, 3.63) is 17.2 Å². The molecule has 0 radical (unpaired) electrons. The molecule has 3 rings (SSSR count). The molecule has 1 saturated carbocycles. The number of nitrogens with one attached hydrogen (secondary N) is 2. The van der Waals surface area contributed by atoms with Crippen LogP contribution in [0.3, 0.4) is 0 Å². The summed E-state index contributed by atoms with van der Waals surface area (Å²) in [4.78, 5) is 8.14. The molecule has 0 spiro atoms. The predicted molar refractivity (Wildman–Crippen MR) is 50.6 cm³/mol. The highest BCUT2D eigenvalue weighted by Gasteiger charge is 2.28. The van der Waals surface area contributed by atoms with Crippen molar-refractivity contribution in [2.24, 2.45) is 0 Å². The van der Waals surface area contributed by atoms with Crippen LogP contribution < -0.4 is 5.32 Å². The SMILES string of the molecule is C1CNCc2[nH]c(C3CC3)nc2C1. The van der Waals surface area contributed by atoms with Crippen molar-refractivity contribution in [1.82, 2.24) is 15.3 Å². The summed E-state index contributed by atoms with van der Waals surface area (Å²) >= 11 is 0. The van der Waals surface area contributed by atoms with Crippen molar-refractivity contribution in [3.8, 4) is 0 Å². The van der Waals surface area contributed by atoms with Gasteiger partial charge in [0, 0.05) is 12.5 Å². The number of nitrogens with zero attached hydrogens (tertiary/aromatic N) is 1. The van der Waals surface area contributed by atoms with E-state index in [9.17, 15) is 0 Å². The molecule has 0 unspecified atom stereocenters. The Morgan fingerprint density at radius 3 is 3.08 bits per heavy atom. The molecule has 2 N–H and O–H groups in total. The summed E-state index contributed by atoms with van der Waals surface area (Å²) in [5, 5.41) is 3.40. The van der Waals surface area contributed by atoms with Crippen LogP contribution in [0.1, 0.15) is 42.4 Å². The van der Waals surface area contributed by atoms with Gasteiger partial charge in [-0.25, -0.2) is 4.98 Å². The first-order valence-electron chi connectivity index (χ1n) is 5.22. The maximum atomic E-state index is 4.68. The summed E-state index contributed by atoms with van der Waals surface area (Å²) in [6, 6.07) is 0. The fourth-order valence-corrected chi connectivity index (χ4v) is 1.96. The Morgan fingerprint density at radius 1 is 1.31 bits per heavy atom. The number of aryl methyl sites for hydroxylation is 1. The molecule has 0 aromatic carbocycles. The molecule has 0 saturated heterocycles. The van der Waals surface area contributed by atoms with Crippen molar-refractivity contribution < 1.29 is 0 Å². The Labute approximate surface area is 78.0 Å². The number of aromatic amines is 1. The number of imidazole rings is 1. The molecule has 1 aromatic heterocycles.